The van der Waals surface area contributed by atoms with Crippen molar-refractivity contribution in [2.24, 2.45) is 0 Å². The van der Waals surface area contributed by atoms with E-state index in [9.17, 15) is 9.59 Å². The van der Waals surface area contributed by atoms with E-state index in [1.807, 2.05) is 30.3 Å². The van der Waals surface area contributed by atoms with Crippen molar-refractivity contribution in [3.05, 3.63) is 83.4 Å². The summed E-state index contributed by atoms with van der Waals surface area (Å²) in [6.45, 7) is 0.344. The Labute approximate surface area is 206 Å². The van der Waals surface area contributed by atoms with Crippen molar-refractivity contribution in [1.82, 2.24) is 30.5 Å². The van der Waals surface area contributed by atoms with E-state index < -0.39 is 6.09 Å². The number of aryl methyl sites for hydroxylation is 1. The fraction of sp³-hybridized carbons (Fsp3) is 0.167. The molecule has 0 radical (unpaired) electrons. The summed E-state index contributed by atoms with van der Waals surface area (Å²) in [7, 11) is 1.31. The van der Waals surface area contributed by atoms with Crippen molar-refractivity contribution in [1.29, 1.82) is 0 Å². The van der Waals surface area contributed by atoms with E-state index in [-0.39, 0.29) is 12.3 Å². The molecule has 0 aliphatic carbocycles. The van der Waals surface area contributed by atoms with Crippen molar-refractivity contribution in [3.63, 3.8) is 0 Å². The standard InChI is InChI=1S/C24H22ClN7O3/c1-35-24(34)29-21-6-2-17(3-7-21)19-10-16(12-26-14-19)13-27-23(33)9-4-18-11-20(25)5-8-22(18)32-15-28-30-31-32/h2-3,5-8,10-12,14-15H,4,9,13H2,1H3,(H,27,33)(H,29,34). The third kappa shape index (κ3) is 6.39. The molecule has 2 amide bonds. The molecule has 0 aliphatic rings. The quantitative estimate of drug-likeness (QED) is 0.384. The molecular weight excluding hydrogens is 470 g/mol. The molecule has 11 heteroatoms. The van der Waals surface area contributed by atoms with Crippen LogP contribution in [0.3, 0.4) is 0 Å². The number of carbonyl (C=O) groups is 2. The van der Waals surface area contributed by atoms with Crippen molar-refractivity contribution in [2.75, 3.05) is 12.4 Å². The highest BCUT2D eigenvalue weighted by molar-refractivity contribution is 6.30. The Balaban J connectivity index is 1.34. The van der Waals surface area contributed by atoms with Crippen LogP contribution in [0.5, 0.6) is 0 Å². The van der Waals surface area contributed by atoms with E-state index in [1.165, 1.54) is 13.4 Å². The first-order chi connectivity index (χ1) is 17.0. The maximum atomic E-state index is 12.5. The highest BCUT2D eigenvalue weighted by Crippen LogP contribution is 2.22. The molecule has 0 bridgehead atoms. The molecule has 0 unspecified atom stereocenters. The zero-order chi connectivity index (χ0) is 24.6. The normalized spacial score (nSPS) is 10.6. The third-order valence-electron chi connectivity index (χ3n) is 5.19. The van der Waals surface area contributed by atoms with Gasteiger partial charge in [-0.25, -0.2) is 9.48 Å². The minimum atomic E-state index is -0.529. The predicted octanol–water partition coefficient (Wildman–Crippen LogP) is 3.81. The lowest BCUT2D eigenvalue weighted by atomic mass is 10.1. The number of anilines is 1. The Morgan fingerprint density at radius 2 is 1.89 bits per heavy atom. The smallest absolute Gasteiger partial charge is 0.411 e. The van der Waals surface area contributed by atoms with Gasteiger partial charge in [-0.1, -0.05) is 23.7 Å². The molecular formula is C24H22ClN7O3. The zero-order valence-corrected chi connectivity index (χ0v) is 19.6. The van der Waals surface area contributed by atoms with Crippen LogP contribution in [0.15, 0.2) is 67.3 Å². The molecule has 35 heavy (non-hydrogen) atoms. The highest BCUT2D eigenvalue weighted by Gasteiger charge is 2.10. The Morgan fingerprint density at radius 1 is 1.06 bits per heavy atom. The molecule has 0 spiro atoms. The van der Waals surface area contributed by atoms with Crippen LogP contribution in [-0.2, 0) is 22.5 Å². The number of nitrogens with zero attached hydrogens (tertiary/aromatic N) is 5. The maximum Gasteiger partial charge on any atom is 0.411 e. The second-order valence-electron chi connectivity index (χ2n) is 7.58. The number of ether oxygens (including phenoxy) is 1. The SMILES string of the molecule is COC(=O)Nc1ccc(-c2cncc(CNC(=O)CCc3cc(Cl)ccc3-n3cnnn3)c2)cc1. The maximum absolute atomic E-state index is 12.5. The predicted molar refractivity (Wildman–Crippen MR) is 130 cm³/mol. The number of hydrogen-bond acceptors (Lipinski definition) is 7. The van der Waals surface area contributed by atoms with Crippen LogP contribution in [0.4, 0.5) is 10.5 Å². The van der Waals surface area contributed by atoms with E-state index in [1.54, 1.807) is 35.3 Å². The Kier molecular flexibility index (Phi) is 7.63. The Morgan fingerprint density at radius 3 is 2.63 bits per heavy atom. The number of benzene rings is 2. The molecule has 2 aromatic carbocycles. The van der Waals surface area contributed by atoms with Gasteiger partial charge in [0.1, 0.15) is 6.33 Å². The zero-order valence-electron chi connectivity index (χ0n) is 18.8. The topological polar surface area (TPSA) is 124 Å². The van der Waals surface area contributed by atoms with Crippen molar-refractivity contribution in [2.45, 2.75) is 19.4 Å². The lowest BCUT2D eigenvalue weighted by Gasteiger charge is -2.10. The number of tetrazole rings is 1. The number of methoxy groups -OCH3 is 1. The van der Waals surface area contributed by atoms with Gasteiger partial charge in [-0.15, -0.1) is 5.10 Å². The lowest BCUT2D eigenvalue weighted by molar-refractivity contribution is -0.121. The van der Waals surface area contributed by atoms with Gasteiger partial charge >= 0.3 is 6.09 Å². The van der Waals surface area contributed by atoms with Gasteiger partial charge in [0.25, 0.3) is 0 Å². The van der Waals surface area contributed by atoms with Gasteiger partial charge in [0.15, 0.2) is 0 Å². The van der Waals surface area contributed by atoms with Crippen LogP contribution in [0.25, 0.3) is 16.8 Å². The van der Waals surface area contributed by atoms with Gasteiger partial charge in [0.05, 0.1) is 12.8 Å². The van der Waals surface area contributed by atoms with E-state index in [2.05, 4.69) is 35.9 Å². The minimum absolute atomic E-state index is 0.101. The third-order valence-corrected chi connectivity index (χ3v) is 5.43. The molecule has 10 nitrogen and oxygen atoms in total. The van der Waals surface area contributed by atoms with Gasteiger partial charge in [0.2, 0.25) is 5.91 Å². The summed E-state index contributed by atoms with van der Waals surface area (Å²) in [6.07, 6.45) is 5.18. The van der Waals surface area contributed by atoms with Crippen molar-refractivity contribution in [3.8, 4) is 16.8 Å². The number of halogens is 1. The first-order valence-electron chi connectivity index (χ1n) is 10.7. The number of hydrogen-bond donors (Lipinski definition) is 2. The van der Waals surface area contributed by atoms with Gasteiger partial charge in [-0.2, -0.15) is 0 Å². The van der Waals surface area contributed by atoms with Crippen LogP contribution in [0.1, 0.15) is 17.5 Å². The van der Waals surface area contributed by atoms with Gasteiger partial charge < -0.3 is 10.1 Å². The molecule has 0 atom stereocenters. The average molecular weight is 492 g/mol. The fourth-order valence-corrected chi connectivity index (χ4v) is 3.64. The van der Waals surface area contributed by atoms with Gasteiger partial charge in [0, 0.05) is 41.6 Å². The summed E-state index contributed by atoms with van der Waals surface area (Å²) < 4.78 is 6.13. The molecule has 2 N–H and O–H groups in total. The summed E-state index contributed by atoms with van der Waals surface area (Å²) >= 11 is 6.15. The van der Waals surface area contributed by atoms with Crippen molar-refractivity contribution >= 4 is 29.3 Å². The molecule has 4 aromatic rings. The van der Waals surface area contributed by atoms with Crippen LogP contribution in [-0.4, -0.2) is 44.3 Å². The molecule has 0 aliphatic heterocycles. The van der Waals surface area contributed by atoms with Gasteiger partial charge in [-0.05, 0) is 69.9 Å². The largest absolute Gasteiger partial charge is 0.453 e. The molecule has 4 rings (SSSR count). The number of aromatic nitrogens is 5. The summed E-state index contributed by atoms with van der Waals surface area (Å²) in [6, 6.07) is 14.6. The van der Waals surface area contributed by atoms with Crippen LogP contribution in [0, 0.1) is 0 Å². The second kappa shape index (κ2) is 11.2. The highest BCUT2D eigenvalue weighted by atomic mass is 35.5. The Hall–Kier alpha value is -4.31. The number of nitrogens with one attached hydrogen (secondary N) is 2. The van der Waals surface area contributed by atoms with Crippen LogP contribution in [0.2, 0.25) is 5.02 Å². The second-order valence-corrected chi connectivity index (χ2v) is 8.02. The molecule has 2 heterocycles. The van der Waals surface area contributed by atoms with Crippen LogP contribution >= 0.6 is 11.6 Å². The first kappa shape index (κ1) is 23.8. The molecule has 2 aromatic heterocycles. The monoisotopic (exact) mass is 491 g/mol. The van der Waals surface area contributed by atoms with Crippen LogP contribution < -0.4 is 10.6 Å². The fourth-order valence-electron chi connectivity index (χ4n) is 3.44. The lowest BCUT2D eigenvalue weighted by Crippen LogP contribution is -2.23. The van der Waals surface area contributed by atoms with Gasteiger partial charge in [-0.3, -0.25) is 15.1 Å². The summed E-state index contributed by atoms with van der Waals surface area (Å²) in [5.41, 5.74) is 4.96. The number of carbonyl (C=O) groups excluding carboxylic acids is 2. The number of rotatable bonds is 8. The van der Waals surface area contributed by atoms with E-state index >= 15 is 0 Å². The Bertz CT molecular complexity index is 1310. The average Bonchev–Trinajstić information content (AvgIpc) is 3.41. The molecule has 0 fully saturated rings. The molecule has 0 saturated carbocycles. The van der Waals surface area contributed by atoms with E-state index in [0.29, 0.717) is 23.7 Å². The van der Waals surface area contributed by atoms with Crippen molar-refractivity contribution < 1.29 is 14.3 Å². The number of pyridine rings is 1. The summed E-state index contributed by atoms with van der Waals surface area (Å²) in [5, 5.41) is 17.4. The first-order valence-corrected chi connectivity index (χ1v) is 11.1. The van der Waals surface area contributed by atoms with E-state index in [0.717, 1.165) is 27.9 Å². The molecule has 0 saturated heterocycles. The summed E-state index contributed by atoms with van der Waals surface area (Å²) in [5.74, 6) is -0.101. The number of amides is 2. The minimum Gasteiger partial charge on any atom is -0.453 e. The molecule has 178 valence electrons. The van der Waals surface area contributed by atoms with E-state index in [4.69, 9.17) is 11.6 Å². The summed E-state index contributed by atoms with van der Waals surface area (Å²) in [4.78, 5) is 28.1.